The smallest absolute Gasteiger partial charge is 0.257 e. The highest BCUT2D eigenvalue weighted by Crippen LogP contribution is 2.15. The minimum Gasteiger partial charge on any atom is -0.378 e. The van der Waals surface area contributed by atoms with Gasteiger partial charge in [-0.3, -0.25) is 4.79 Å². The van der Waals surface area contributed by atoms with Crippen LogP contribution in [0.5, 0.6) is 0 Å². The Kier molecular flexibility index (Phi) is 3.59. The van der Waals surface area contributed by atoms with E-state index in [1.165, 1.54) is 0 Å². The van der Waals surface area contributed by atoms with Crippen LogP contribution in [0.25, 0.3) is 5.78 Å². The molecule has 7 nitrogen and oxygen atoms in total. The van der Waals surface area contributed by atoms with Gasteiger partial charge in [-0.1, -0.05) is 13.8 Å². The summed E-state index contributed by atoms with van der Waals surface area (Å²) in [6.07, 6.45) is 1.60. The average Bonchev–Trinajstić information content (AvgIpc) is 2.93. The van der Waals surface area contributed by atoms with Crippen molar-refractivity contribution >= 4 is 11.7 Å². The number of carbonyl (C=O) groups is 1. The normalized spacial score (nSPS) is 15.9. The molecular formula is C14H19N5O2. The first-order chi connectivity index (χ1) is 10.1. The fourth-order valence-corrected chi connectivity index (χ4v) is 2.35. The number of hydrogen-bond acceptors (Lipinski definition) is 5. The predicted molar refractivity (Wildman–Crippen MR) is 76.3 cm³/mol. The van der Waals surface area contributed by atoms with Crippen molar-refractivity contribution in [2.24, 2.45) is 0 Å². The lowest BCUT2D eigenvalue weighted by atomic mass is 10.2. The van der Waals surface area contributed by atoms with Gasteiger partial charge in [0.2, 0.25) is 0 Å². The Morgan fingerprint density at radius 3 is 2.71 bits per heavy atom. The first kappa shape index (κ1) is 13.9. The molecule has 112 valence electrons. The van der Waals surface area contributed by atoms with Crippen molar-refractivity contribution < 1.29 is 9.53 Å². The Bertz CT molecular complexity index is 673. The molecule has 0 spiro atoms. The van der Waals surface area contributed by atoms with Gasteiger partial charge in [0.25, 0.3) is 11.7 Å². The molecule has 0 bridgehead atoms. The number of ether oxygens (including phenoxy) is 1. The summed E-state index contributed by atoms with van der Waals surface area (Å²) in [6, 6.07) is 0. The Morgan fingerprint density at radius 2 is 2.05 bits per heavy atom. The second kappa shape index (κ2) is 5.40. The quantitative estimate of drug-likeness (QED) is 0.825. The van der Waals surface area contributed by atoms with Gasteiger partial charge >= 0.3 is 0 Å². The van der Waals surface area contributed by atoms with Gasteiger partial charge < -0.3 is 9.64 Å². The number of amides is 1. The van der Waals surface area contributed by atoms with Gasteiger partial charge in [-0.05, 0) is 6.92 Å². The molecule has 1 saturated heterocycles. The van der Waals surface area contributed by atoms with E-state index >= 15 is 0 Å². The van der Waals surface area contributed by atoms with Crippen molar-refractivity contribution in [2.75, 3.05) is 26.3 Å². The van der Waals surface area contributed by atoms with E-state index in [0.717, 1.165) is 11.5 Å². The summed E-state index contributed by atoms with van der Waals surface area (Å²) < 4.78 is 6.93. The van der Waals surface area contributed by atoms with E-state index in [0.29, 0.717) is 37.6 Å². The maximum Gasteiger partial charge on any atom is 0.257 e. The molecule has 0 radical (unpaired) electrons. The van der Waals surface area contributed by atoms with E-state index in [1.807, 2.05) is 20.8 Å². The lowest BCUT2D eigenvalue weighted by Crippen LogP contribution is -2.41. The van der Waals surface area contributed by atoms with E-state index in [4.69, 9.17) is 4.74 Å². The summed E-state index contributed by atoms with van der Waals surface area (Å²) in [7, 11) is 0. The maximum atomic E-state index is 12.6. The zero-order valence-electron chi connectivity index (χ0n) is 12.5. The van der Waals surface area contributed by atoms with Gasteiger partial charge in [0, 0.05) is 25.2 Å². The fraction of sp³-hybridized carbons (Fsp3) is 0.571. The van der Waals surface area contributed by atoms with Crippen LogP contribution in [0.2, 0.25) is 0 Å². The first-order valence-electron chi connectivity index (χ1n) is 7.17. The molecule has 2 aromatic rings. The number of morpholine rings is 1. The number of fused-ring (bicyclic) bond motifs is 1. The molecule has 3 heterocycles. The van der Waals surface area contributed by atoms with Crippen LogP contribution in [0.4, 0.5) is 0 Å². The summed E-state index contributed by atoms with van der Waals surface area (Å²) in [6.45, 7) is 8.34. The van der Waals surface area contributed by atoms with Crippen molar-refractivity contribution in [1.82, 2.24) is 24.5 Å². The van der Waals surface area contributed by atoms with Crippen LogP contribution >= 0.6 is 0 Å². The molecule has 0 aromatic carbocycles. The molecule has 1 amide bonds. The molecule has 0 saturated carbocycles. The lowest BCUT2D eigenvalue weighted by molar-refractivity contribution is 0.0301. The van der Waals surface area contributed by atoms with Gasteiger partial charge in [-0.25, -0.2) is 9.50 Å². The zero-order valence-corrected chi connectivity index (χ0v) is 12.5. The third-order valence-electron chi connectivity index (χ3n) is 3.67. The number of hydrogen-bond donors (Lipinski definition) is 0. The standard InChI is InChI=1S/C14H19N5O2/c1-9(2)12-16-14-15-8-11(10(3)19(14)17-12)13(20)18-4-6-21-7-5-18/h8-9H,4-7H2,1-3H3. The molecule has 0 aliphatic carbocycles. The van der Waals surface area contributed by atoms with Crippen molar-refractivity contribution in [2.45, 2.75) is 26.7 Å². The van der Waals surface area contributed by atoms with Gasteiger partial charge in [-0.2, -0.15) is 4.98 Å². The molecule has 7 heteroatoms. The third kappa shape index (κ3) is 2.49. The van der Waals surface area contributed by atoms with E-state index in [2.05, 4.69) is 15.1 Å². The first-order valence-corrected chi connectivity index (χ1v) is 7.17. The van der Waals surface area contributed by atoms with Crippen molar-refractivity contribution in [1.29, 1.82) is 0 Å². The Morgan fingerprint density at radius 1 is 1.33 bits per heavy atom. The van der Waals surface area contributed by atoms with Crippen LogP contribution in [0.1, 0.15) is 41.6 Å². The Hall–Kier alpha value is -2.02. The highest BCUT2D eigenvalue weighted by atomic mass is 16.5. The van der Waals surface area contributed by atoms with E-state index in [-0.39, 0.29) is 11.8 Å². The van der Waals surface area contributed by atoms with Crippen LogP contribution < -0.4 is 0 Å². The molecule has 1 aliphatic heterocycles. The number of aryl methyl sites for hydroxylation is 1. The maximum absolute atomic E-state index is 12.6. The minimum atomic E-state index is -0.0215. The van der Waals surface area contributed by atoms with Crippen LogP contribution in [0.3, 0.4) is 0 Å². The SMILES string of the molecule is Cc1c(C(=O)N2CCOCC2)cnc2nc(C(C)C)nn12. The Balaban J connectivity index is 1.98. The summed E-state index contributed by atoms with van der Waals surface area (Å²) >= 11 is 0. The van der Waals surface area contributed by atoms with Gasteiger partial charge in [0.05, 0.1) is 24.5 Å². The molecule has 1 aliphatic rings. The van der Waals surface area contributed by atoms with Crippen molar-refractivity contribution in [3.05, 3.63) is 23.3 Å². The van der Waals surface area contributed by atoms with E-state index in [1.54, 1.807) is 15.6 Å². The topological polar surface area (TPSA) is 72.6 Å². The van der Waals surface area contributed by atoms with Gasteiger partial charge in [-0.15, -0.1) is 5.10 Å². The third-order valence-corrected chi connectivity index (χ3v) is 3.67. The van der Waals surface area contributed by atoms with E-state index < -0.39 is 0 Å². The van der Waals surface area contributed by atoms with Gasteiger partial charge in [0.15, 0.2) is 5.82 Å². The molecule has 21 heavy (non-hydrogen) atoms. The number of rotatable bonds is 2. The van der Waals surface area contributed by atoms with Crippen LogP contribution in [0.15, 0.2) is 6.20 Å². The second-order valence-corrected chi connectivity index (χ2v) is 5.50. The number of aromatic nitrogens is 4. The van der Waals surface area contributed by atoms with Crippen LogP contribution in [-0.2, 0) is 4.74 Å². The molecule has 0 unspecified atom stereocenters. The molecule has 0 N–H and O–H groups in total. The molecule has 0 atom stereocenters. The number of nitrogens with zero attached hydrogens (tertiary/aromatic N) is 5. The number of carbonyl (C=O) groups excluding carboxylic acids is 1. The van der Waals surface area contributed by atoms with Crippen LogP contribution in [-0.4, -0.2) is 56.7 Å². The Labute approximate surface area is 122 Å². The van der Waals surface area contributed by atoms with Gasteiger partial charge in [0.1, 0.15) is 0 Å². The summed E-state index contributed by atoms with van der Waals surface area (Å²) in [5.41, 5.74) is 1.35. The van der Waals surface area contributed by atoms with Crippen molar-refractivity contribution in [3.63, 3.8) is 0 Å². The largest absolute Gasteiger partial charge is 0.378 e. The molecular weight excluding hydrogens is 270 g/mol. The average molecular weight is 289 g/mol. The zero-order chi connectivity index (χ0) is 15.0. The molecule has 2 aromatic heterocycles. The summed E-state index contributed by atoms with van der Waals surface area (Å²) in [5.74, 6) is 1.48. The van der Waals surface area contributed by atoms with Crippen LogP contribution in [0, 0.1) is 6.92 Å². The van der Waals surface area contributed by atoms with E-state index in [9.17, 15) is 4.79 Å². The fourth-order valence-electron chi connectivity index (χ4n) is 2.35. The highest BCUT2D eigenvalue weighted by Gasteiger charge is 2.22. The summed E-state index contributed by atoms with van der Waals surface area (Å²) in [5, 5.41) is 4.45. The lowest BCUT2D eigenvalue weighted by Gasteiger charge is -2.27. The molecule has 3 rings (SSSR count). The highest BCUT2D eigenvalue weighted by molar-refractivity contribution is 5.95. The monoisotopic (exact) mass is 289 g/mol. The molecule has 1 fully saturated rings. The van der Waals surface area contributed by atoms with Crippen molar-refractivity contribution in [3.8, 4) is 0 Å². The predicted octanol–water partition coefficient (Wildman–Crippen LogP) is 1.03. The minimum absolute atomic E-state index is 0.0215. The second-order valence-electron chi connectivity index (χ2n) is 5.50. The summed E-state index contributed by atoms with van der Waals surface area (Å²) in [4.78, 5) is 23.0.